The highest BCUT2D eigenvalue weighted by atomic mass is 32.2. The van der Waals surface area contributed by atoms with E-state index in [0.29, 0.717) is 5.92 Å². The van der Waals surface area contributed by atoms with Crippen LogP contribution in [0.2, 0.25) is 0 Å². The van der Waals surface area contributed by atoms with Gasteiger partial charge in [0.25, 0.3) is 5.91 Å². The van der Waals surface area contributed by atoms with Gasteiger partial charge in [0.2, 0.25) is 10.0 Å². The van der Waals surface area contributed by atoms with Crippen molar-refractivity contribution in [2.24, 2.45) is 11.1 Å². The largest absolute Gasteiger partial charge is 0.455 e. The van der Waals surface area contributed by atoms with Crippen LogP contribution < -0.4 is 10.5 Å². The fraction of sp³-hybridized carbons (Fsp3) is 0.545. The van der Waals surface area contributed by atoms with Gasteiger partial charge in [-0.3, -0.25) is 4.79 Å². The van der Waals surface area contributed by atoms with Gasteiger partial charge in [0, 0.05) is 12.1 Å². The van der Waals surface area contributed by atoms with E-state index in [1.807, 2.05) is 0 Å². The summed E-state index contributed by atoms with van der Waals surface area (Å²) in [6.07, 6.45) is 1.88. The van der Waals surface area contributed by atoms with Gasteiger partial charge in [-0.05, 0) is 25.7 Å². The number of nitrogens with one attached hydrogen (secondary N) is 1. The molecular formula is C11H16N2O4S. The van der Waals surface area contributed by atoms with Crippen LogP contribution in [-0.4, -0.2) is 20.4 Å². The highest BCUT2D eigenvalue weighted by molar-refractivity contribution is 7.89. The van der Waals surface area contributed by atoms with Crippen LogP contribution in [0.15, 0.2) is 15.4 Å². The second-order valence-electron chi connectivity index (χ2n) is 4.82. The van der Waals surface area contributed by atoms with Crippen molar-refractivity contribution in [3.8, 4) is 0 Å². The summed E-state index contributed by atoms with van der Waals surface area (Å²) < 4.78 is 27.5. The maximum Gasteiger partial charge on any atom is 0.287 e. The number of sulfonamides is 1. The molecule has 0 atom stereocenters. The first kappa shape index (κ1) is 13.1. The van der Waals surface area contributed by atoms with Gasteiger partial charge in [-0.25, -0.2) is 13.6 Å². The monoisotopic (exact) mass is 272 g/mol. The standard InChI is InChI=1S/C11H16N2O4S/c1-6-3-8(4-6)13-11(14)9-5-10(7(2)17-9)18(12,15)16/h5-6,8H,3-4H2,1-2H3,(H,13,14)(H2,12,15,16). The number of carbonyl (C=O) groups excluding carboxylic acids is 1. The second kappa shape index (κ2) is 4.40. The molecule has 0 unspecified atom stereocenters. The molecule has 0 aromatic carbocycles. The third-order valence-corrected chi connectivity index (χ3v) is 4.13. The predicted octanol–water partition coefficient (Wildman–Crippen LogP) is 0.764. The fourth-order valence-electron chi connectivity index (χ4n) is 2.14. The maximum atomic E-state index is 11.8. The number of aryl methyl sites for hydroxylation is 1. The summed E-state index contributed by atoms with van der Waals surface area (Å²) in [5.74, 6) is 0.333. The topological polar surface area (TPSA) is 102 Å². The van der Waals surface area contributed by atoms with Crippen LogP contribution in [0, 0.1) is 12.8 Å². The van der Waals surface area contributed by atoms with E-state index in [2.05, 4.69) is 12.2 Å². The van der Waals surface area contributed by atoms with E-state index in [9.17, 15) is 13.2 Å². The number of amides is 1. The van der Waals surface area contributed by atoms with Gasteiger partial charge in [0.05, 0.1) is 0 Å². The van der Waals surface area contributed by atoms with Crippen molar-refractivity contribution < 1.29 is 17.6 Å². The summed E-state index contributed by atoms with van der Waals surface area (Å²) in [5.41, 5.74) is 0. The average molecular weight is 272 g/mol. The van der Waals surface area contributed by atoms with Crippen LogP contribution in [-0.2, 0) is 10.0 Å². The van der Waals surface area contributed by atoms with Crippen LogP contribution in [0.4, 0.5) is 0 Å². The van der Waals surface area contributed by atoms with Gasteiger partial charge in [-0.15, -0.1) is 0 Å². The van der Waals surface area contributed by atoms with Crippen LogP contribution in [0.5, 0.6) is 0 Å². The Morgan fingerprint density at radius 2 is 2.11 bits per heavy atom. The summed E-state index contributed by atoms with van der Waals surface area (Å²) in [7, 11) is -3.85. The van der Waals surface area contributed by atoms with E-state index < -0.39 is 15.9 Å². The molecule has 2 rings (SSSR count). The van der Waals surface area contributed by atoms with Gasteiger partial charge >= 0.3 is 0 Å². The van der Waals surface area contributed by atoms with E-state index >= 15 is 0 Å². The zero-order valence-corrected chi connectivity index (χ0v) is 11.1. The van der Waals surface area contributed by atoms with E-state index in [0.717, 1.165) is 12.8 Å². The average Bonchev–Trinajstić information content (AvgIpc) is 2.57. The van der Waals surface area contributed by atoms with Crippen molar-refractivity contribution >= 4 is 15.9 Å². The lowest BCUT2D eigenvalue weighted by Gasteiger charge is -2.32. The van der Waals surface area contributed by atoms with Crippen molar-refractivity contribution in [2.45, 2.75) is 37.6 Å². The Hall–Kier alpha value is -1.34. The van der Waals surface area contributed by atoms with Crippen LogP contribution in [0.1, 0.15) is 36.1 Å². The minimum absolute atomic E-state index is 0.0175. The molecule has 1 amide bonds. The highest BCUT2D eigenvalue weighted by Gasteiger charge is 2.28. The van der Waals surface area contributed by atoms with Gasteiger partial charge in [-0.2, -0.15) is 0 Å². The first-order valence-electron chi connectivity index (χ1n) is 5.71. The lowest BCUT2D eigenvalue weighted by molar-refractivity contribution is 0.0866. The van der Waals surface area contributed by atoms with Crippen molar-refractivity contribution in [3.05, 3.63) is 17.6 Å². The number of carbonyl (C=O) groups is 1. The molecule has 6 nitrogen and oxygen atoms in total. The van der Waals surface area contributed by atoms with Crippen molar-refractivity contribution in [2.75, 3.05) is 0 Å². The number of furan rings is 1. The zero-order valence-electron chi connectivity index (χ0n) is 10.3. The molecule has 0 spiro atoms. The maximum absolute atomic E-state index is 11.8. The molecule has 1 fully saturated rings. The summed E-state index contributed by atoms with van der Waals surface area (Å²) in [6.45, 7) is 3.57. The minimum atomic E-state index is -3.85. The Bertz CT molecular complexity index is 570. The molecule has 1 aromatic heterocycles. The molecule has 1 saturated carbocycles. The molecule has 7 heteroatoms. The Morgan fingerprint density at radius 1 is 1.50 bits per heavy atom. The molecule has 100 valence electrons. The molecule has 1 aliphatic rings. The van der Waals surface area contributed by atoms with Crippen molar-refractivity contribution in [3.63, 3.8) is 0 Å². The predicted molar refractivity (Wildman–Crippen MR) is 64.5 cm³/mol. The fourth-order valence-corrected chi connectivity index (χ4v) is 2.85. The number of primary sulfonamides is 1. The summed E-state index contributed by atoms with van der Waals surface area (Å²) in [5, 5.41) is 7.80. The third-order valence-electron chi connectivity index (χ3n) is 3.11. The Labute approximate surface area is 106 Å². The number of hydrogen-bond acceptors (Lipinski definition) is 4. The summed E-state index contributed by atoms with van der Waals surface area (Å²) in [6, 6.07) is 1.32. The van der Waals surface area contributed by atoms with Crippen LogP contribution in [0.25, 0.3) is 0 Å². The zero-order chi connectivity index (χ0) is 13.5. The molecule has 1 aliphatic carbocycles. The molecule has 0 saturated heterocycles. The van der Waals surface area contributed by atoms with E-state index in [-0.39, 0.29) is 22.5 Å². The molecule has 0 radical (unpaired) electrons. The van der Waals surface area contributed by atoms with E-state index in [1.54, 1.807) is 0 Å². The van der Waals surface area contributed by atoms with Crippen LogP contribution in [0.3, 0.4) is 0 Å². The minimum Gasteiger partial charge on any atom is -0.455 e. The Kier molecular flexibility index (Phi) is 3.20. The molecule has 18 heavy (non-hydrogen) atoms. The van der Waals surface area contributed by atoms with Crippen molar-refractivity contribution in [1.82, 2.24) is 5.32 Å². The second-order valence-corrected chi connectivity index (χ2v) is 6.35. The normalized spacial score (nSPS) is 23.5. The summed E-state index contributed by atoms with van der Waals surface area (Å²) >= 11 is 0. The first-order valence-corrected chi connectivity index (χ1v) is 7.26. The van der Waals surface area contributed by atoms with Crippen molar-refractivity contribution in [1.29, 1.82) is 0 Å². The molecule has 0 bridgehead atoms. The summed E-state index contributed by atoms with van der Waals surface area (Å²) in [4.78, 5) is 11.7. The quantitative estimate of drug-likeness (QED) is 0.848. The number of rotatable bonds is 3. The molecule has 1 heterocycles. The highest BCUT2D eigenvalue weighted by Crippen LogP contribution is 2.27. The molecule has 0 aliphatic heterocycles. The molecule has 3 N–H and O–H groups in total. The Morgan fingerprint density at radius 3 is 2.56 bits per heavy atom. The SMILES string of the molecule is Cc1oc(C(=O)NC2CC(C)C2)cc1S(N)(=O)=O. The number of hydrogen-bond donors (Lipinski definition) is 2. The molecule has 1 aromatic rings. The number of nitrogens with two attached hydrogens (primary N) is 1. The molecular weight excluding hydrogens is 256 g/mol. The van der Waals surface area contributed by atoms with Gasteiger partial charge < -0.3 is 9.73 Å². The Balaban J connectivity index is 2.12. The lowest BCUT2D eigenvalue weighted by atomic mass is 9.82. The van der Waals surface area contributed by atoms with E-state index in [4.69, 9.17) is 9.56 Å². The smallest absolute Gasteiger partial charge is 0.287 e. The third kappa shape index (κ3) is 2.56. The van der Waals surface area contributed by atoms with Gasteiger partial charge in [0.15, 0.2) is 5.76 Å². The van der Waals surface area contributed by atoms with E-state index in [1.165, 1.54) is 13.0 Å². The van der Waals surface area contributed by atoms with Gasteiger partial charge in [-0.1, -0.05) is 6.92 Å². The first-order chi connectivity index (χ1) is 8.27. The van der Waals surface area contributed by atoms with Gasteiger partial charge in [0.1, 0.15) is 10.7 Å². The van der Waals surface area contributed by atoms with Crippen LogP contribution >= 0.6 is 0 Å². The lowest BCUT2D eigenvalue weighted by Crippen LogP contribution is -2.43.